The first kappa shape index (κ1) is 21.1. The average molecular weight is 412 g/mol. The number of halogens is 1. The Balaban J connectivity index is 0.00000240. The molecular weight excluding hydrogens is 386 g/mol. The highest BCUT2D eigenvalue weighted by Gasteiger charge is 2.15. The van der Waals surface area contributed by atoms with Gasteiger partial charge in [-0.05, 0) is 73.3 Å². The van der Waals surface area contributed by atoms with E-state index in [1.807, 2.05) is 48.5 Å². The van der Waals surface area contributed by atoms with Crippen LogP contribution in [0.4, 0.5) is 0 Å². The van der Waals surface area contributed by atoms with Crippen LogP contribution < -0.4 is 15.4 Å². The summed E-state index contributed by atoms with van der Waals surface area (Å²) in [5.74, 6) is 1.29. The van der Waals surface area contributed by atoms with Crippen molar-refractivity contribution >= 4 is 29.2 Å². The molecule has 3 aromatic rings. The summed E-state index contributed by atoms with van der Waals surface area (Å²) < 4.78 is 5.44. The van der Waals surface area contributed by atoms with E-state index >= 15 is 0 Å². The van der Waals surface area contributed by atoms with Crippen LogP contribution in [0.25, 0.3) is 22.0 Å². The third-order valence-corrected chi connectivity index (χ3v) is 5.40. The quantitative estimate of drug-likeness (QED) is 0.664. The molecule has 0 atom stereocenters. The Hall–Kier alpha value is -2.63. The molecule has 1 amide bonds. The zero-order valence-corrected chi connectivity index (χ0v) is 17.3. The zero-order chi connectivity index (χ0) is 19.3. The molecule has 4 rings (SSSR count). The Morgan fingerprint density at radius 3 is 2.79 bits per heavy atom. The normalized spacial score (nSPS) is 14.2. The fourth-order valence-electron chi connectivity index (χ4n) is 3.82. The van der Waals surface area contributed by atoms with Crippen molar-refractivity contribution in [2.24, 2.45) is 5.92 Å². The van der Waals surface area contributed by atoms with Gasteiger partial charge < -0.3 is 15.4 Å². The molecule has 2 aromatic carbocycles. The van der Waals surface area contributed by atoms with Gasteiger partial charge in [-0.2, -0.15) is 0 Å². The second-order valence-electron chi connectivity index (χ2n) is 7.20. The van der Waals surface area contributed by atoms with Crippen molar-refractivity contribution in [3.63, 3.8) is 0 Å². The van der Waals surface area contributed by atoms with Gasteiger partial charge in [0.25, 0.3) is 5.91 Å². The van der Waals surface area contributed by atoms with Gasteiger partial charge in [0, 0.05) is 23.7 Å². The number of carbonyl (C=O) groups is 1. The van der Waals surface area contributed by atoms with Crippen LogP contribution in [-0.2, 0) is 0 Å². The summed E-state index contributed by atoms with van der Waals surface area (Å²) in [5.41, 5.74) is 3.54. The number of ether oxygens (including phenoxy) is 1. The molecule has 6 heteroatoms. The van der Waals surface area contributed by atoms with Crippen molar-refractivity contribution in [2.45, 2.75) is 12.8 Å². The maximum absolute atomic E-state index is 12.7. The fourth-order valence-corrected chi connectivity index (χ4v) is 3.82. The van der Waals surface area contributed by atoms with E-state index in [0.717, 1.165) is 60.3 Å². The lowest BCUT2D eigenvalue weighted by molar-refractivity contribution is 0.0944. The number of aromatic nitrogens is 1. The van der Waals surface area contributed by atoms with E-state index < -0.39 is 0 Å². The minimum Gasteiger partial charge on any atom is -0.494 e. The topological polar surface area (TPSA) is 63.2 Å². The number of fused-ring (bicyclic) bond motifs is 1. The molecular formula is C23H26ClN3O2. The number of nitrogens with one attached hydrogen (secondary N) is 2. The van der Waals surface area contributed by atoms with Crippen molar-refractivity contribution in [1.29, 1.82) is 0 Å². The second-order valence-corrected chi connectivity index (χ2v) is 7.20. The molecule has 0 aliphatic carbocycles. The third-order valence-electron chi connectivity index (χ3n) is 5.40. The Labute approximate surface area is 177 Å². The van der Waals surface area contributed by atoms with Crippen molar-refractivity contribution in [2.75, 3.05) is 26.7 Å². The van der Waals surface area contributed by atoms with Crippen LogP contribution in [0.15, 0.2) is 54.7 Å². The summed E-state index contributed by atoms with van der Waals surface area (Å²) in [6.07, 6.45) is 4.00. The maximum atomic E-state index is 12.7. The minimum atomic E-state index is -0.0173. The Morgan fingerprint density at radius 1 is 1.17 bits per heavy atom. The minimum absolute atomic E-state index is 0. The highest BCUT2D eigenvalue weighted by Crippen LogP contribution is 2.33. The summed E-state index contributed by atoms with van der Waals surface area (Å²) in [5, 5.41) is 7.47. The van der Waals surface area contributed by atoms with E-state index in [2.05, 4.69) is 15.6 Å². The van der Waals surface area contributed by atoms with E-state index in [1.165, 1.54) is 0 Å². The standard InChI is InChI=1S/C23H25N3O2.ClH/c1-28-21-8-7-19(20-6-3-11-25-22(20)21)17-4-2-5-18(14-17)23(27)26-15-16-9-12-24-13-10-16;/h2-8,11,14,16,24H,9-10,12-13,15H2,1H3,(H,26,27);1H. The second kappa shape index (κ2) is 9.72. The van der Waals surface area contributed by atoms with Gasteiger partial charge in [-0.1, -0.05) is 18.2 Å². The van der Waals surface area contributed by atoms with Crippen molar-refractivity contribution in [3.05, 3.63) is 60.3 Å². The van der Waals surface area contributed by atoms with Crippen LogP contribution in [0.2, 0.25) is 0 Å². The van der Waals surface area contributed by atoms with E-state index in [-0.39, 0.29) is 18.3 Å². The van der Waals surface area contributed by atoms with Gasteiger partial charge in [0.1, 0.15) is 11.3 Å². The molecule has 2 heterocycles. The van der Waals surface area contributed by atoms with Crippen LogP contribution in [0.1, 0.15) is 23.2 Å². The lowest BCUT2D eigenvalue weighted by Gasteiger charge is -2.22. The molecule has 1 saturated heterocycles. The Kier molecular flexibility index (Phi) is 7.07. The van der Waals surface area contributed by atoms with E-state index in [0.29, 0.717) is 11.5 Å². The first-order valence-corrected chi connectivity index (χ1v) is 9.77. The molecule has 5 nitrogen and oxygen atoms in total. The molecule has 0 saturated carbocycles. The maximum Gasteiger partial charge on any atom is 0.251 e. The molecule has 0 radical (unpaired) electrons. The summed E-state index contributed by atoms with van der Waals surface area (Å²) in [4.78, 5) is 17.1. The summed E-state index contributed by atoms with van der Waals surface area (Å²) >= 11 is 0. The summed E-state index contributed by atoms with van der Waals surface area (Å²) in [6, 6.07) is 15.7. The summed E-state index contributed by atoms with van der Waals surface area (Å²) in [7, 11) is 1.65. The number of hydrogen-bond acceptors (Lipinski definition) is 4. The molecule has 1 aromatic heterocycles. The first-order chi connectivity index (χ1) is 13.8. The summed E-state index contributed by atoms with van der Waals surface area (Å²) in [6.45, 7) is 2.81. The van der Waals surface area contributed by atoms with Gasteiger partial charge in [0.05, 0.1) is 7.11 Å². The van der Waals surface area contributed by atoms with Crippen molar-refractivity contribution in [3.8, 4) is 16.9 Å². The zero-order valence-electron chi connectivity index (χ0n) is 16.5. The largest absolute Gasteiger partial charge is 0.494 e. The Morgan fingerprint density at radius 2 is 2.00 bits per heavy atom. The molecule has 1 aliphatic rings. The molecule has 0 unspecified atom stereocenters. The molecule has 0 spiro atoms. The number of methoxy groups -OCH3 is 1. The number of piperidine rings is 1. The van der Waals surface area contributed by atoms with E-state index in [1.54, 1.807) is 13.3 Å². The molecule has 2 N–H and O–H groups in total. The molecule has 29 heavy (non-hydrogen) atoms. The highest BCUT2D eigenvalue weighted by molar-refractivity contribution is 6.00. The number of pyridine rings is 1. The van der Waals surface area contributed by atoms with E-state index in [9.17, 15) is 4.79 Å². The van der Waals surface area contributed by atoms with E-state index in [4.69, 9.17) is 4.74 Å². The molecule has 0 bridgehead atoms. The number of benzene rings is 2. The van der Waals surface area contributed by atoms with Gasteiger partial charge in [0.15, 0.2) is 0 Å². The smallest absolute Gasteiger partial charge is 0.251 e. The number of carbonyl (C=O) groups excluding carboxylic acids is 1. The highest BCUT2D eigenvalue weighted by atomic mass is 35.5. The monoisotopic (exact) mass is 411 g/mol. The fraction of sp³-hybridized carbons (Fsp3) is 0.304. The van der Waals surface area contributed by atoms with Gasteiger partial charge in [-0.3, -0.25) is 9.78 Å². The predicted octanol–water partition coefficient (Wildman–Crippen LogP) is 4.06. The number of hydrogen-bond donors (Lipinski definition) is 2. The first-order valence-electron chi connectivity index (χ1n) is 9.77. The SMILES string of the molecule is COc1ccc(-c2cccc(C(=O)NCC3CCNCC3)c2)c2cccnc12.Cl. The van der Waals surface area contributed by atoms with Crippen LogP contribution in [0, 0.1) is 5.92 Å². The van der Waals surface area contributed by atoms with Gasteiger partial charge in [0.2, 0.25) is 0 Å². The van der Waals surface area contributed by atoms with Crippen molar-refractivity contribution < 1.29 is 9.53 Å². The number of nitrogens with zero attached hydrogens (tertiary/aromatic N) is 1. The van der Waals surface area contributed by atoms with Gasteiger partial charge in [-0.25, -0.2) is 0 Å². The predicted molar refractivity (Wildman–Crippen MR) is 119 cm³/mol. The van der Waals surface area contributed by atoms with Gasteiger partial charge in [-0.15, -0.1) is 12.4 Å². The lowest BCUT2D eigenvalue weighted by atomic mass is 9.97. The van der Waals surface area contributed by atoms with Crippen LogP contribution >= 0.6 is 12.4 Å². The molecule has 1 aliphatic heterocycles. The van der Waals surface area contributed by atoms with Crippen LogP contribution in [0.5, 0.6) is 5.75 Å². The number of amides is 1. The average Bonchev–Trinajstić information content (AvgIpc) is 2.77. The Bertz CT molecular complexity index is 987. The lowest BCUT2D eigenvalue weighted by Crippen LogP contribution is -2.35. The van der Waals surface area contributed by atoms with Crippen molar-refractivity contribution in [1.82, 2.24) is 15.6 Å². The number of rotatable bonds is 5. The van der Waals surface area contributed by atoms with Crippen LogP contribution in [0.3, 0.4) is 0 Å². The van der Waals surface area contributed by atoms with Gasteiger partial charge >= 0.3 is 0 Å². The van der Waals surface area contributed by atoms with Crippen LogP contribution in [-0.4, -0.2) is 37.6 Å². The molecule has 1 fully saturated rings. The molecule has 152 valence electrons. The third kappa shape index (κ3) is 4.69.